The lowest BCUT2D eigenvalue weighted by atomic mass is 10.0. The molecule has 1 aromatic rings. The Morgan fingerprint density at radius 2 is 2.12 bits per heavy atom. The van der Waals surface area contributed by atoms with Crippen LogP contribution in [0.1, 0.15) is 24.4 Å². The van der Waals surface area contributed by atoms with Gasteiger partial charge in [-0.2, -0.15) is 0 Å². The van der Waals surface area contributed by atoms with Gasteiger partial charge in [-0.15, -0.1) is 0 Å². The molecule has 0 heterocycles. The maximum Gasteiger partial charge on any atom is 0.221 e. The number of amides is 1. The molecule has 0 aromatic heterocycles. The molecule has 1 atom stereocenters. The van der Waals surface area contributed by atoms with Crippen molar-refractivity contribution in [1.82, 2.24) is 5.32 Å². The Hall–Kier alpha value is -1.39. The normalized spacial score (nSPS) is 12.1. The Labute approximate surface area is 102 Å². The van der Waals surface area contributed by atoms with E-state index in [-0.39, 0.29) is 11.9 Å². The largest absolute Gasteiger partial charge is 0.385 e. The molecular formula is C13H20N2O2. The lowest BCUT2D eigenvalue weighted by Crippen LogP contribution is -2.28. The van der Waals surface area contributed by atoms with Gasteiger partial charge in [0.15, 0.2) is 0 Å². The minimum atomic E-state index is -0.237. The van der Waals surface area contributed by atoms with Gasteiger partial charge in [-0.25, -0.2) is 0 Å². The van der Waals surface area contributed by atoms with Gasteiger partial charge < -0.3 is 15.8 Å². The van der Waals surface area contributed by atoms with Crippen LogP contribution in [0.5, 0.6) is 0 Å². The zero-order valence-electron chi connectivity index (χ0n) is 10.2. The average Bonchev–Trinajstić information content (AvgIpc) is 2.36. The lowest BCUT2D eigenvalue weighted by Gasteiger charge is -2.11. The van der Waals surface area contributed by atoms with Gasteiger partial charge in [0.25, 0.3) is 0 Å². The summed E-state index contributed by atoms with van der Waals surface area (Å²) in [5.74, 6) is -0.0162. The minimum absolute atomic E-state index is 0.0162. The molecule has 0 saturated heterocycles. The van der Waals surface area contributed by atoms with Gasteiger partial charge in [-0.1, -0.05) is 30.3 Å². The second-order valence-electron chi connectivity index (χ2n) is 3.92. The third-order valence-electron chi connectivity index (χ3n) is 2.48. The maximum atomic E-state index is 11.6. The molecule has 17 heavy (non-hydrogen) atoms. The second-order valence-corrected chi connectivity index (χ2v) is 3.92. The van der Waals surface area contributed by atoms with Crippen LogP contribution in [-0.2, 0) is 9.53 Å². The van der Waals surface area contributed by atoms with E-state index in [1.165, 1.54) is 0 Å². The molecular weight excluding hydrogens is 216 g/mol. The molecule has 1 amide bonds. The summed E-state index contributed by atoms with van der Waals surface area (Å²) in [5, 5.41) is 2.82. The molecule has 0 spiro atoms. The van der Waals surface area contributed by atoms with E-state index < -0.39 is 0 Å². The molecule has 0 aliphatic carbocycles. The smallest absolute Gasteiger partial charge is 0.221 e. The van der Waals surface area contributed by atoms with Crippen LogP contribution >= 0.6 is 0 Å². The molecule has 0 fully saturated rings. The first-order chi connectivity index (χ1) is 8.24. The first-order valence-electron chi connectivity index (χ1n) is 5.80. The summed E-state index contributed by atoms with van der Waals surface area (Å²) in [6.07, 6.45) is 1.14. The third kappa shape index (κ3) is 5.47. The second kappa shape index (κ2) is 7.81. The first kappa shape index (κ1) is 13.7. The van der Waals surface area contributed by atoms with E-state index in [1.54, 1.807) is 7.11 Å². The van der Waals surface area contributed by atoms with Crippen LogP contribution < -0.4 is 11.1 Å². The highest BCUT2D eigenvalue weighted by Crippen LogP contribution is 2.12. The summed E-state index contributed by atoms with van der Waals surface area (Å²) >= 11 is 0. The maximum absolute atomic E-state index is 11.6. The Bertz CT molecular complexity index is 327. The van der Waals surface area contributed by atoms with Crippen molar-refractivity contribution in [2.45, 2.75) is 18.9 Å². The molecule has 0 unspecified atom stereocenters. The molecule has 1 aromatic carbocycles. The van der Waals surface area contributed by atoms with E-state index in [4.69, 9.17) is 10.5 Å². The highest BCUT2D eigenvalue weighted by atomic mass is 16.5. The highest BCUT2D eigenvalue weighted by molar-refractivity contribution is 5.76. The summed E-state index contributed by atoms with van der Waals surface area (Å²) < 4.78 is 4.90. The van der Waals surface area contributed by atoms with E-state index >= 15 is 0 Å². The third-order valence-corrected chi connectivity index (χ3v) is 2.48. The molecule has 0 aliphatic rings. The van der Waals surface area contributed by atoms with Crippen LogP contribution in [0.4, 0.5) is 0 Å². The molecule has 4 nitrogen and oxygen atoms in total. The van der Waals surface area contributed by atoms with Crippen LogP contribution in [-0.4, -0.2) is 26.2 Å². The summed E-state index contributed by atoms with van der Waals surface area (Å²) in [7, 11) is 1.65. The van der Waals surface area contributed by atoms with Gasteiger partial charge in [0.1, 0.15) is 0 Å². The molecule has 0 aliphatic heterocycles. The lowest BCUT2D eigenvalue weighted by molar-refractivity contribution is -0.121. The Kier molecular flexibility index (Phi) is 6.29. The van der Waals surface area contributed by atoms with Crippen molar-refractivity contribution in [3.05, 3.63) is 35.9 Å². The Morgan fingerprint density at radius 1 is 1.41 bits per heavy atom. The monoisotopic (exact) mass is 236 g/mol. The number of benzene rings is 1. The van der Waals surface area contributed by atoms with E-state index in [2.05, 4.69) is 5.32 Å². The van der Waals surface area contributed by atoms with Gasteiger partial charge in [0, 0.05) is 32.7 Å². The zero-order valence-corrected chi connectivity index (χ0v) is 10.2. The van der Waals surface area contributed by atoms with Crippen molar-refractivity contribution in [1.29, 1.82) is 0 Å². The molecule has 0 bridgehead atoms. The van der Waals surface area contributed by atoms with Crippen LogP contribution in [0.25, 0.3) is 0 Å². The number of nitrogens with one attached hydrogen (secondary N) is 1. The number of hydrogen-bond acceptors (Lipinski definition) is 3. The highest BCUT2D eigenvalue weighted by Gasteiger charge is 2.10. The fraction of sp³-hybridized carbons (Fsp3) is 0.462. The zero-order chi connectivity index (χ0) is 12.5. The standard InChI is InChI=1S/C13H20N2O2/c1-17-9-5-8-15-13(16)10-12(14)11-6-3-2-4-7-11/h2-4,6-7,12H,5,8-10,14H2,1H3,(H,15,16)/t12-/m1/s1. The first-order valence-corrected chi connectivity index (χ1v) is 5.80. The number of hydrogen-bond donors (Lipinski definition) is 2. The predicted molar refractivity (Wildman–Crippen MR) is 67.5 cm³/mol. The molecule has 94 valence electrons. The Morgan fingerprint density at radius 3 is 2.76 bits per heavy atom. The van der Waals surface area contributed by atoms with Crippen LogP contribution in [0.3, 0.4) is 0 Å². The Balaban J connectivity index is 2.26. The SMILES string of the molecule is COCCCNC(=O)C[C@@H](N)c1ccccc1. The minimum Gasteiger partial charge on any atom is -0.385 e. The van der Waals surface area contributed by atoms with Crippen molar-refractivity contribution in [3.8, 4) is 0 Å². The van der Waals surface area contributed by atoms with Gasteiger partial charge in [0.05, 0.1) is 0 Å². The van der Waals surface area contributed by atoms with E-state index in [0.717, 1.165) is 12.0 Å². The number of carbonyl (C=O) groups excluding carboxylic acids is 1. The summed E-state index contributed by atoms with van der Waals surface area (Å²) in [6, 6.07) is 9.41. The topological polar surface area (TPSA) is 64.3 Å². The van der Waals surface area contributed by atoms with Crippen molar-refractivity contribution >= 4 is 5.91 Å². The summed E-state index contributed by atoms with van der Waals surface area (Å²) in [4.78, 5) is 11.6. The van der Waals surface area contributed by atoms with Crippen molar-refractivity contribution in [3.63, 3.8) is 0 Å². The van der Waals surface area contributed by atoms with Crippen LogP contribution in [0, 0.1) is 0 Å². The number of rotatable bonds is 7. The number of carbonyl (C=O) groups is 1. The van der Waals surface area contributed by atoms with Crippen molar-refractivity contribution in [2.75, 3.05) is 20.3 Å². The number of ether oxygens (including phenoxy) is 1. The van der Waals surface area contributed by atoms with E-state index in [1.807, 2.05) is 30.3 Å². The van der Waals surface area contributed by atoms with Gasteiger partial charge in [-0.05, 0) is 12.0 Å². The average molecular weight is 236 g/mol. The fourth-order valence-electron chi connectivity index (χ4n) is 1.53. The quantitative estimate of drug-likeness (QED) is 0.700. The van der Waals surface area contributed by atoms with Gasteiger partial charge in [-0.3, -0.25) is 4.79 Å². The van der Waals surface area contributed by atoms with E-state index in [9.17, 15) is 4.79 Å². The van der Waals surface area contributed by atoms with Crippen LogP contribution in [0.15, 0.2) is 30.3 Å². The van der Waals surface area contributed by atoms with E-state index in [0.29, 0.717) is 19.6 Å². The summed E-state index contributed by atoms with van der Waals surface area (Å²) in [5.41, 5.74) is 6.93. The van der Waals surface area contributed by atoms with Gasteiger partial charge >= 0.3 is 0 Å². The van der Waals surface area contributed by atoms with Crippen molar-refractivity contribution in [2.24, 2.45) is 5.73 Å². The molecule has 3 N–H and O–H groups in total. The fourth-order valence-corrected chi connectivity index (χ4v) is 1.53. The number of methoxy groups -OCH3 is 1. The molecule has 0 radical (unpaired) electrons. The number of nitrogens with two attached hydrogens (primary N) is 1. The molecule has 1 rings (SSSR count). The van der Waals surface area contributed by atoms with Gasteiger partial charge in [0.2, 0.25) is 5.91 Å². The predicted octanol–water partition coefficient (Wildman–Crippen LogP) is 1.23. The van der Waals surface area contributed by atoms with Crippen molar-refractivity contribution < 1.29 is 9.53 Å². The molecule has 0 saturated carbocycles. The summed E-state index contributed by atoms with van der Waals surface area (Å²) in [6.45, 7) is 1.29. The van der Waals surface area contributed by atoms with Crippen LogP contribution in [0.2, 0.25) is 0 Å². The molecule has 4 heteroatoms.